The van der Waals surface area contributed by atoms with E-state index < -0.39 is 0 Å². The summed E-state index contributed by atoms with van der Waals surface area (Å²) in [5, 5.41) is 7.60. The van der Waals surface area contributed by atoms with Crippen molar-refractivity contribution < 1.29 is 4.79 Å². The molecule has 1 aliphatic heterocycles. The topological polar surface area (TPSA) is 44.4 Å². The van der Waals surface area contributed by atoms with Gasteiger partial charge in [0.15, 0.2) is 0 Å². The van der Waals surface area contributed by atoms with Gasteiger partial charge in [0.2, 0.25) is 5.91 Å². The first-order chi connectivity index (χ1) is 11.5. The van der Waals surface area contributed by atoms with E-state index in [-0.39, 0.29) is 18.3 Å². The van der Waals surface area contributed by atoms with Crippen molar-refractivity contribution in [1.29, 1.82) is 0 Å². The lowest BCUT2D eigenvalue weighted by Gasteiger charge is -2.32. The molecule has 1 aliphatic carbocycles. The molecule has 1 amide bonds. The van der Waals surface area contributed by atoms with Gasteiger partial charge >= 0.3 is 0 Å². The molecule has 2 fully saturated rings. The molecule has 0 spiro atoms. The third-order valence-corrected chi connectivity index (χ3v) is 5.67. The molecule has 0 unspecified atom stereocenters. The van der Waals surface area contributed by atoms with Crippen molar-refractivity contribution in [2.24, 2.45) is 5.92 Å². The van der Waals surface area contributed by atoms with E-state index in [0.29, 0.717) is 33.3 Å². The maximum atomic E-state index is 12.2. The van der Waals surface area contributed by atoms with E-state index in [1.807, 2.05) is 0 Å². The lowest BCUT2D eigenvalue weighted by atomic mass is 10.0. The zero-order valence-corrected chi connectivity index (χ0v) is 16.9. The number of amides is 1. The molecule has 0 aromatic heterocycles. The highest BCUT2D eigenvalue weighted by atomic mass is 35.5. The van der Waals surface area contributed by atoms with Crippen molar-refractivity contribution >= 4 is 58.8 Å². The van der Waals surface area contributed by atoms with Crippen LogP contribution in [-0.4, -0.2) is 43.0 Å². The third-order valence-electron chi connectivity index (χ3n) is 4.63. The van der Waals surface area contributed by atoms with Crippen LogP contribution in [-0.2, 0) is 4.79 Å². The second-order valence-corrected chi connectivity index (χ2v) is 7.92. The SMILES string of the molecule is Cl.O=C(CN1CCC(NCC2CC2)CC1)Nc1cc(Cl)c(Cl)cc1Cl. The van der Waals surface area contributed by atoms with E-state index >= 15 is 0 Å². The molecule has 2 N–H and O–H groups in total. The van der Waals surface area contributed by atoms with Crippen molar-refractivity contribution in [3.63, 3.8) is 0 Å². The normalized spacial score (nSPS) is 18.7. The number of rotatable bonds is 6. The number of piperidine rings is 1. The highest BCUT2D eigenvalue weighted by Crippen LogP contribution is 2.32. The summed E-state index contributed by atoms with van der Waals surface area (Å²) in [5.41, 5.74) is 0.497. The van der Waals surface area contributed by atoms with Gasteiger partial charge in [0.05, 0.1) is 27.3 Å². The van der Waals surface area contributed by atoms with E-state index in [9.17, 15) is 4.79 Å². The van der Waals surface area contributed by atoms with Crippen molar-refractivity contribution in [2.75, 3.05) is 31.5 Å². The Morgan fingerprint density at radius 2 is 1.68 bits per heavy atom. The second kappa shape index (κ2) is 9.63. The summed E-state index contributed by atoms with van der Waals surface area (Å²) in [7, 11) is 0. The molecular formula is C17H23Cl4N3O. The second-order valence-electron chi connectivity index (χ2n) is 6.70. The van der Waals surface area contributed by atoms with Crippen LogP contribution in [0.2, 0.25) is 15.1 Å². The number of halogens is 4. The Morgan fingerprint density at radius 3 is 2.32 bits per heavy atom. The average Bonchev–Trinajstić information content (AvgIpc) is 3.36. The molecule has 1 saturated carbocycles. The molecule has 0 bridgehead atoms. The number of likely N-dealkylation sites (tertiary alicyclic amines) is 1. The highest BCUT2D eigenvalue weighted by molar-refractivity contribution is 6.44. The van der Waals surface area contributed by atoms with Crippen LogP contribution in [0, 0.1) is 5.92 Å². The van der Waals surface area contributed by atoms with E-state index in [1.165, 1.54) is 18.9 Å². The standard InChI is InChI=1S/C17H22Cl3N3O.ClH/c18-13-7-15(20)16(8-14(13)19)22-17(24)10-23-5-3-12(4-6-23)21-9-11-1-2-11;/h7-8,11-12,21H,1-6,9-10H2,(H,22,24);1H. The fraction of sp³-hybridized carbons (Fsp3) is 0.588. The Labute approximate surface area is 170 Å². The molecule has 8 heteroatoms. The minimum absolute atomic E-state index is 0. The number of hydrogen-bond acceptors (Lipinski definition) is 3. The molecule has 2 aliphatic rings. The summed E-state index contributed by atoms with van der Waals surface area (Å²) >= 11 is 18.0. The van der Waals surface area contributed by atoms with Crippen LogP contribution in [0.25, 0.3) is 0 Å². The maximum absolute atomic E-state index is 12.2. The molecule has 4 nitrogen and oxygen atoms in total. The quantitative estimate of drug-likeness (QED) is 0.659. The monoisotopic (exact) mass is 425 g/mol. The molecule has 1 saturated heterocycles. The van der Waals surface area contributed by atoms with Gasteiger partial charge in [-0.3, -0.25) is 9.69 Å². The van der Waals surface area contributed by atoms with E-state index in [0.717, 1.165) is 38.4 Å². The average molecular weight is 427 g/mol. The molecule has 140 valence electrons. The molecule has 0 atom stereocenters. The largest absolute Gasteiger partial charge is 0.324 e. The van der Waals surface area contributed by atoms with Gasteiger partial charge in [0.1, 0.15) is 0 Å². The lowest BCUT2D eigenvalue weighted by Crippen LogP contribution is -2.45. The van der Waals surface area contributed by atoms with Crippen molar-refractivity contribution in [3.8, 4) is 0 Å². The zero-order valence-electron chi connectivity index (χ0n) is 13.9. The van der Waals surface area contributed by atoms with E-state index in [4.69, 9.17) is 34.8 Å². The maximum Gasteiger partial charge on any atom is 0.238 e. The van der Waals surface area contributed by atoms with Crippen molar-refractivity contribution in [1.82, 2.24) is 10.2 Å². The summed E-state index contributed by atoms with van der Waals surface area (Å²) in [5.74, 6) is 0.824. The molecule has 25 heavy (non-hydrogen) atoms. The fourth-order valence-corrected chi connectivity index (χ4v) is 3.56. The van der Waals surface area contributed by atoms with E-state index in [2.05, 4.69) is 15.5 Å². The number of nitrogens with zero attached hydrogens (tertiary/aromatic N) is 1. The Hall–Kier alpha value is -0.230. The Kier molecular flexibility index (Phi) is 8.12. The number of anilines is 1. The van der Waals surface area contributed by atoms with Gasteiger partial charge in [0, 0.05) is 19.1 Å². The number of carbonyl (C=O) groups excluding carboxylic acids is 1. The van der Waals surface area contributed by atoms with Gasteiger partial charge in [-0.1, -0.05) is 34.8 Å². The van der Waals surface area contributed by atoms with Crippen LogP contribution in [0.5, 0.6) is 0 Å². The summed E-state index contributed by atoms with van der Waals surface area (Å²) in [4.78, 5) is 14.4. The molecule has 1 heterocycles. The van der Waals surface area contributed by atoms with Crippen LogP contribution in [0.4, 0.5) is 5.69 Å². The minimum atomic E-state index is -0.0836. The van der Waals surface area contributed by atoms with Crippen molar-refractivity contribution in [2.45, 2.75) is 31.7 Å². The van der Waals surface area contributed by atoms with Gasteiger partial charge in [-0.05, 0) is 50.3 Å². The van der Waals surface area contributed by atoms with Crippen LogP contribution >= 0.6 is 47.2 Å². The Balaban J connectivity index is 0.00000225. The smallest absolute Gasteiger partial charge is 0.238 e. The number of hydrogen-bond donors (Lipinski definition) is 2. The highest BCUT2D eigenvalue weighted by Gasteiger charge is 2.25. The van der Waals surface area contributed by atoms with Crippen LogP contribution < -0.4 is 10.6 Å². The Morgan fingerprint density at radius 1 is 1.04 bits per heavy atom. The van der Waals surface area contributed by atoms with Gasteiger partial charge in [-0.25, -0.2) is 0 Å². The van der Waals surface area contributed by atoms with Gasteiger partial charge in [-0.2, -0.15) is 0 Å². The predicted molar refractivity (Wildman–Crippen MR) is 108 cm³/mol. The third kappa shape index (κ3) is 6.46. The number of benzene rings is 1. The minimum Gasteiger partial charge on any atom is -0.324 e. The van der Waals surface area contributed by atoms with Crippen LogP contribution in [0.15, 0.2) is 12.1 Å². The van der Waals surface area contributed by atoms with E-state index in [1.54, 1.807) is 6.07 Å². The molecule has 1 aromatic rings. The first kappa shape index (κ1) is 21.1. The number of nitrogens with one attached hydrogen (secondary N) is 2. The van der Waals surface area contributed by atoms with Gasteiger partial charge in [0.25, 0.3) is 0 Å². The predicted octanol–water partition coefficient (Wildman–Crippen LogP) is 4.47. The first-order valence-electron chi connectivity index (χ1n) is 8.41. The summed E-state index contributed by atoms with van der Waals surface area (Å²) < 4.78 is 0. The lowest BCUT2D eigenvalue weighted by molar-refractivity contribution is -0.117. The van der Waals surface area contributed by atoms with Gasteiger partial charge in [-0.15, -0.1) is 12.4 Å². The molecule has 1 aromatic carbocycles. The summed E-state index contributed by atoms with van der Waals surface area (Å²) in [6, 6.07) is 3.71. The fourth-order valence-electron chi connectivity index (χ4n) is 2.96. The number of carbonyl (C=O) groups is 1. The summed E-state index contributed by atoms with van der Waals surface area (Å²) in [6.45, 7) is 3.39. The van der Waals surface area contributed by atoms with Crippen LogP contribution in [0.3, 0.4) is 0 Å². The van der Waals surface area contributed by atoms with Crippen LogP contribution in [0.1, 0.15) is 25.7 Å². The first-order valence-corrected chi connectivity index (χ1v) is 9.55. The van der Waals surface area contributed by atoms with Gasteiger partial charge < -0.3 is 10.6 Å². The summed E-state index contributed by atoms with van der Waals surface area (Å²) in [6.07, 6.45) is 4.94. The molecular weight excluding hydrogens is 404 g/mol. The molecule has 0 radical (unpaired) electrons. The zero-order chi connectivity index (χ0) is 17.1. The van der Waals surface area contributed by atoms with Crippen molar-refractivity contribution in [3.05, 3.63) is 27.2 Å². The Bertz CT molecular complexity index is 602. The molecule has 3 rings (SSSR count).